The first-order chi connectivity index (χ1) is 6.69. The van der Waals surface area contributed by atoms with E-state index in [2.05, 4.69) is 4.99 Å². The van der Waals surface area contributed by atoms with Gasteiger partial charge in [-0.25, -0.2) is 9.59 Å². The Labute approximate surface area is 80.9 Å². The zero-order valence-corrected chi connectivity index (χ0v) is 7.65. The van der Waals surface area contributed by atoms with Crippen LogP contribution in [0.4, 0.5) is 5.69 Å². The second kappa shape index (κ2) is 4.35. The number of aliphatic imine (C=N–C) groups is 1. The molecule has 72 valence electrons. The fourth-order valence-electron chi connectivity index (χ4n) is 1.20. The lowest BCUT2D eigenvalue weighted by Crippen LogP contribution is -2.00. The van der Waals surface area contributed by atoms with Crippen molar-refractivity contribution in [3.8, 4) is 0 Å². The Morgan fingerprint density at radius 2 is 2.29 bits per heavy atom. The van der Waals surface area contributed by atoms with Crippen LogP contribution in [0.2, 0.25) is 0 Å². The Hall–Kier alpha value is -1.93. The number of hydrogen-bond donors (Lipinski definition) is 1. The molecule has 14 heavy (non-hydrogen) atoms. The number of benzene rings is 1. The molecule has 0 amide bonds. The van der Waals surface area contributed by atoms with Gasteiger partial charge in [0.25, 0.3) is 0 Å². The molecule has 0 atom stereocenters. The molecule has 0 spiro atoms. The van der Waals surface area contributed by atoms with E-state index in [1.54, 1.807) is 6.07 Å². The lowest BCUT2D eigenvalue weighted by Gasteiger charge is -2.02. The van der Waals surface area contributed by atoms with Crippen molar-refractivity contribution in [2.24, 2.45) is 4.99 Å². The average Bonchev–Trinajstić information content (AvgIpc) is 2.17. The van der Waals surface area contributed by atoms with Gasteiger partial charge in [0.05, 0.1) is 11.3 Å². The fourth-order valence-corrected chi connectivity index (χ4v) is 1.20. The zero-order chi connectivity index (χ0) is 10.6. The smallest absolute Gasteiger partial charge is 0.335 e. The number of nitrogens with zero attached hydrogens (tertiary/aromatic N) is 1. The highest BCUT2D eigenvalue weighted by Crippen LogP contribution is 2.18. The summed E-state index contributed by atoms with van der Waals surface area (Å²) < 4.78 is 0. The molecular formula is C10H9NO3. The van der Waals surface area contributed by atoms with Crippen LogP contribution in [0, 0.1) is 0 Å². The third kappa shape index (κ3) is 2.06. The first-order valence-electron chi connectivity index (χ1n) is 4.13. The molecular weight excluding hydrogens is 182 g/mol. The largest absolute Gasteiger partial charge is 0.478 e. The van der Waals surface area contributed by atoms with E-state index in [9.17, 15) is 9.59 Å². The number of carbonyl (C=O) groups excluding carboxylic acids is 1. The summed E-state index contributed by atoms with van der Waals surface area (Å²) in [5.74, 6) is -0.969. The molecule has 4 nitrogen and oxygen atoms in total. The lowest BCUT2D eigenvalue weighted by molar-refractivity contribution is 0.0696. The molecule has 4 heteroatoms. The summed E-state index contributed by atoms with van der Waals surface area (Å²) >= 11 is 0. The van der Waals surface area contributed by atoms with E-state index in [1.165, 1.54) is 18.2 Å². The molecule has 0 aromatic heterocycles. The first-order valence-corrected chi connectivity index (χ1v) is 4.13. The number of hydrogen-bond acceptors (Lipinski definition) is 3. The van der Waals surface area contributed by atoms with Crippen LogP contribution in [0.3, 0.4) is 0 Å². The summed E-state index contributed by atoms with van der Waals surface area (Å²) in [4.78, 5) is 24.1. The molecule has 1 aromatic rings. The van der Waals surface area contributed by atoms with Crippen LogP contribution >= 0.6 is 0 Å². The van der Waals surface area contributed by atoms with Gasteiger partial charge in [-0.05, 0) is 30.2 Å². The van der Waals surface area contributed by atoms with Crippen molar-refractivity contribution >= 4 is 17.7 Å². The summed E-state index contributed by atoms with van der Waals surface area (Å²) in [6.45, 7) is 1.84. The average molecular weight is 191 g/mol. The summed E-state index contributed by atoms with van der Waals surface area (Å²) in [5.41, 5.74) is 1.34. The summed E-state index contributed by atoms with van der Waals surface area (Å²) in [7, 11) is 0. The standard InChI is InChI=1S/C10H9NO3/c1-2-7-5-8(11-6-12)3-4-9(7)10(13)14/h3-5H,2H2,1H3,(H,13,14). The molecule has 0 aliphatic rings. The van der Waals surface area contributed by atoms with Gasteiger partial charge in [-0.1, -0.05) is 6.92 Å². The van der Waals surface area contributed by atoms with Crippen molar-refractivity contribution in [3.63, 3.8) is 0 Å². The number of carboxylic acid groups (broad SMARTS) is 1. The molecule has 0 radical (unpaired) electrons. The molecule has 0 saturated heterocycles. The van der Waals surface area contributed by atoms with E-state index in [-0.39, 0.29) is 5.56 Å². The maximum absolute atomic E-state index is 10.7. The number of aromatic carboxylic acids is 1. The van der Waals surface area contributed by atoms with Crippen LogP contribution in [-0.4, -0.2) is 17.2 Å². The van der Waals surface area contributed by atoms with E-state index < -0.39 is 5.97 Å². The predicted octanol–water partition coefficient (Wildman–Crippen LogP) is 1.91. The van der Waals surface area contributed by atoms with Crippen LogP contribution in [-0.2, 0) is 11.2 Å². The molecule has 1 N–H and O–H groups in total. The van der Waals surface area contributed by atoms with E-state index in [0.29, 0.717) is 17.7 Å². The third-order valence-electron chi connectivity index (χ3n) is 1.87. The predicted molar refractivity (Wildman–Crippen MR) is 50.6 cm³/mol. The minimum atomic E-state index is -0.969. The molecule has 0 heterocycles. The molecule has 0 aliphatic carbocycles. The Balaban J connectivity index is 3.24. The van der Waals surface area contributed by atoms with Gasteiger partial charge in [0.15, 0.2) is 0 Å². The van der Waals surface area contributed by atoms with Gasteiger partial charge in [-0.15, -0.1) is 0 Å². The van der Waals surface area contributed by atoms with E-state index in [1.807, 2.05) is 6.92 Å². The number of rotatable bonds is 3. The Morgan fingerprint density at radius 1 is 1.57 bits per heavy atom. The van der Waals surface area contributed by atoms with E-state index >= 15 is 0 Å². The topological polar surface area (TPSA) is 66.7 Å². The quantitative estimate of drug-likeness (QED) is 0.586. The van der Waals surface area contributed by atoms with Crippen molar-refractivity contribution in [1.82, 2.24) is 0 Å². The molecule has 0 fully saturated rings. The normalized spacial score (nSPS) is 9.21. The van der Waals surface area contributed by atoms with Crippen LogP contribution in [0.5, 0.6) is 0 Å². The van der Waals surface area contributed by atoms with Gasteiger partial charge >= 0.3 is 5.97 Å². The minimum absolute atomic E-state index is 0.248. The molecule has 0 aliphatic heterocycles. The number of aryl methyl sites for hydroxylation is 1. The van der Waals surface area contributed by atoms with Crippen molar-refractivity contribution in [1.29, 1.82) is 0 Å². The van der Waals surface area contributed by atoms with E-state index in [0.717, 1.165) is 0 Å². The summed E-state index contributed by atoms with van der Waals surface area (Å²) in [5, 5.41) is 8.81. The van der Waals surface area contributed by atoms with Crippen molar-refractivity contribution in [2.45, 2.75) is 13.3 Å². The van der Waals surface area contributed by atoms with Crippen LogP contribution < -0.4 is 0 Å². The SMILES string of the molecule is CCc1cc(N=C=O)ccc1C(=O)O. The second-order valence-electron chi connectivity index (χ2n) is 2.70. The minimum Gasteiger partial charge on any atom is -0.478 e. The maximum atomic E-state index is 10.7. The Morgan fingerprint density at radius 3 is 2.79 bits per heavy atom. The van der Waals surface area contributed by atoms with Gasteiger partial charge in [0, 0.05) is 0 Å². The molecule has 0 unspecified atom stereocenters. The molecule has 0 saturated carbocycles. The van der Waals surface area contributed by atoms with Gasteiger partial charge in [0.2, 0.25) is 6.08 Å². The molecule has 1 aromatic carbocycles. The van der Waals surface area contributed by atoms with Crippen LogP contribution in [0.15, 0.2) is 23.2 Å². The second-order valence-corrected chi connectivity index (χ2v) is 2.70. The van der Waals surface area contributed by atoms with Gasteiger partial charge in [0.1, 0.15) is 0 Å². The highest BCUT2D eigenvalue weighted by molar-refractivity contribution is 5.90. The van der Waals surface area contributed by atoms with Crippen LogP contribution in [0.1, 0.15) is 22.8 Å². The third-order valence-corrected chi connectivity index (χ3v) is 1.87. The van der Waals surface area contributed by atoms with Gasteiger partial charge < -0.3 is 5.11 Å². The van der Waals surface area contributed by atoms with Crippen molar-refractivity contribution in [2.75, 3.05) is 0 Å². The fraction of sp³-hybridized carbons (Fsp3) is 0.200. The van der Waals surface area contributed by atoms with Gasteiger partial charge in [-0.3, -0.25) is 0 Å². The number of isocyanates is 1. The summed E-state index contributed by atoms with van der Waals surface area (Å²) in [6.07, 6.45) is 2.00. The van der Waals surface area contributed by atoms with Crippen LogP contribution in [0.25, 0.3) is 0 Å². The zero-order valence-electron chi connectivity index (χ0n) is 7.65. The van der Waals surface area contributed by atoms with E-state index in [4.69, 9.17) is 5.11 Å². The molecule has 0 bridgehead atoms. The lowest BCUT2D eigenvalue weighted by atomic mass is 10.0. The highest BCUT2D eigenvalue weighted by atomic mass is 16.4. The highest BCUT2D eigenvalue weighted by Gasteiger charge is 2.08. The monoisotopic (exact) mass is 191 g/mol. The number of carbonyl (C=O) groups is 1. The first kappa shape index (κ1) is 10.2. The molecule has 1 rings (SSSR count). The van der Waals surface area contributed by atoms with Crippen molar-refractivity contribution in [3.05, 3.63) is 29.3 Å². The summed E-state index contributed by atoms with van der Waals surface area (Å²) in [6, 6.07) is 4.50. The van der Waals surface area contributed by atoms with Crippen molar-refractivity contribution < 1.29 is 14.7 Å². The van der Waals surface area contributed by atoms with Gasteiger partial charge in [-0.2, -0.15) is 4.99 Å². The Bertz CT molecular complexity index is 406. The Kier molecular flexibility index (Phi) is 3.15. The maximum Gasteiger partial charge on any atom is 0.335 e. The number of carboxylic acids is 1.